The first-order valence-electron chi connectivity index (χ1n) is 4.08. The highest BCUT2D eigenvalue weighted by molar-refractivity contribution is 5.88. The molecule has 0 saturated heterocycles. The molecule has 0 aromatic heterocycles. The zero-order chi connectivity index (χ0) is 11.4. The molecule has 6 heteroatoms. The molecule has 0 heterocycles. The molecule has 0 bridgehead atoms. The van der Waals surface area contributed by atoms with Crippen molar-refractivity contribution >= 4 is 17.7 Å². The van der Waals surface area contributed by atoms with E-state index in [2.05, 4.69) is 5.32 Å². The van der Waals surface area contributed by atoms with Crippen LogP contribution in [0, 0.1) is 0 Å². The number of carboxylic acids is 1. The van der Waals surface area contributed by atoms with Crippen LogP contribution in [0.15, 0.2) is 24.3 Å². The lowest BCUT2D eigenvalue weighted by molar-refractivity contribution is -0.146. The summed E-state index contributed by atoms with van der Waals surface area (Å²) in [5.41, 5.74) is 5.39. The number of benzene rings is 1. The lowest BCUT2D eigenvalue weighted by Crippen LogP contribution is -2.19. The van der Waals surface area contributed by atoms with E-state index in [4.69, 9.17) is 10.8 Å². The summed E-state index contributed by atoms with van der Waals surface area (Å²) in [5, 5.41) is 20.0. The molecule has 2 amide bonds. The third-order valence-electron chi connectivity index (χ3n) is 1.70. The fourth-order valence-electron chi connectivity index (χ4n) is 1.07. The van der Waals surface area contributed by atoms with Crippen molar-refractivity contribution in [2.24, 2.45) is 5.73 Å². The van der Waals surface area contributed by atoms with Crippen molar-refractivity contribution in [3.8, 4) is 0 Å². The van der Waals surface area contributed by atoms with Crippen molar-refractivity contribution in [3.63, 3.8) is 0 Å². The number of aliphatic carboxylic acids is 1. The topological polar surface area (TPSA) is 113 Å². The molecule has 15 heavy (non-hydrogen) atoms. The minimum absolute atomic E-state index is 0.175. The number of nitrogens with two attached hydrogens (primary N) is 1. The second-order valence-electron chi connectivity index (χ2n) is 2.86. The molecular weight excluding hydrogens is 200 g/mol. The minimum Gasteiger partial charge on any atom is -0.479 e. The molecule has 6 nitrogen and oxygen atoms in total. The van der Waals surface area contributed by atoms with Gasteiger partial charge in [0, 0.05) is 5.69 Å². The average Bonchev–Trinajstić information content (AvgIpc) is 2.16. The highest BCUT2D eigenvalue weighted by Crippen LogP contribution is 2.17. The second-order valence-corrected chi connectivity index (χ2v) is 2.86. The van der Waals surface area contributed by atoms with Gasteiger partial charge in [-0.2, -0.15) is 0 Å². The van der Waals surface area contributed by atoms with Gasteiger partial charge in [-0.25, -0.2) is 9.59 Å². The van der Waals surface area contributed by atoms with Gasteiger partial charge in [-0.05, 0) is 17.7 Å². The predicted octanol–water partition coefficient (Wildman–Crippen LogP) is 0.295. The fourth-order valence-corrected chi connectivity index (χ4v) is 1.07. The number of amides is 2. The quantitative estimate of drug-likeness (QED) is 0.574. The lowest BCUT2D eigenvalue weighted by atomic mass is 10.1. The van der Waals surface area contributed by atoms with Crippen molar-refractivity contribution in [2.45, 2.75) is 6.10 Å². The summed E-state index contributed by atoms with van der Waals surface area (Å²) in [6, 6.07) is 5.06. The molecule has 0 aliphatic heterocycles. The summed E-state index contributed by atoms with van der Waals surface area (Å²) in [7, 11) is 0. The molecule has 1 aromatic carbocycles. The Morgan fingerprint density at radius 3 is 2.60 bits per heavy atom. The number of nitrogens with one attached hydrogen (secondary N) is 1. The third kappa shape index (κ3) is 2.96. The average molecular weight is 210 g/mol. The maximum atomic E-state index is 10.5. The Kier molecular flexibility index (Phi) is 3.25. The van der Waals surface area contributed by atoms with Gasteiger partial charge in [-0.3, -0.25) is 0 Å². The monoisotopic (exact) mass is 210 g/mol. The van der Waals surface area contributed by atoms with E-state index in [1.165, 1.54) is 24.3 Å². The van der Waals surface area contributed by atoms with Crippen LogP contribution in [-0.4, -0.2) is 22.2 Å². The van der Waals surface area contributed by atoms with Crippen LogP contribution in [0.2, 0.25) is 0 Å². The standard InChI is InChI=1S/C9H10N2O4/c10-9(15)11-6-3-1-2-5(4-6)7(12)8(13)14/h1-4,7,12H,(H,13,14)(H3,10,11,15). The molecule has 1 atom stereocenters. The van der Waals surface area contributed by atoms with E-state index in [9.17, 15) is 14.7 Å². The third-order valence-corrected chi connectivity index (χ3v) is 1.70. The molecule has 0 aliphatic rings. The summed E-state index contributed by atoms with van der Waals surface area (Å²) in [6.07, 6.45) is -1.61. The second kappa shape index (κ2) is 4.43. The Labute approximate surface area is 85.3 Å². The van der Waals surface area contributed by atoms with Crippen LogP contribution in [0.25, 0.3) is 0 Å². The first kappa shape index (κ1) is 11.0. The number of urea groups is 1. The zero-order valence-corrected chi connectivity index (χ0v) is 7.68. The molecule has 1 rings (SSSR count). The molecule has 0 aliphatic carbocycles. The van der Waals surface area contributed by atoms with Crippen LogP contribution in [0.5, 0.6) is 0 Å². The predicted molar refractivity (Wildman–Crippen MR) is 52.2 cm³/mol. The van der Waals surface area contributed by atoms with Gasteiger partial charge in [0.15, 0.2) is 6.10 Å². The smallest absolute Gasteiger partial charge is 0.337 e. The number of carboxylic acid groups (broad SMARTS) is 1. The van der Waals surface area contributed by atoms with Crippen LogP contribution in [0.3, 0.4) is 0 Å². The maximum absolute atomic E-state index is 10.5. The van der Waals surface area contributed by atoms with E-state index in [0.29, 0.717) is 5.69 Å². The van der Waals surface area contributed by atoms with Crippen LogP contribution < -0.4 is 11.1 Å². The number of carbonyl (C=O) groups excluding carboxylic acids is 1. The molecule has 0 fully saturated rings. The van der Waals surface area contributed by atoms with Gasteiger partial charge >= 0.3 is 12.0 Å². The van der Waals surface area contributed by atoms with Crippen LogP contribution >= 0.6 is 0 Å². The summed E-state index contributed by atoms with van der Waals surface area (Å²) in [5.74, 6) is -1.36. The van der Waals surface area contributed by atoms with Gasteiger partial charge < -0.3 is 21.3 Å². The van der Waals surface area contributed by atoms with E-state index < -0.39 is 18.1 Å². The summed E-state index contributed by atoms with van der Waals surface area (Å²) < 4.78 is 0. The Bertz CT molecular complexity index is 391. The Balaban J connectivity index is 2.92. The Morgan fingerprint density at radius 1 is 1.40 bits per heavy atom. The molecule has 0 spiro atoms. The van der Waals surface area contributed by atoms with Crippen molar-refractivity contribution in [1.82, 2.24) is 0 Å². The Morgan fingerprint density at radius 2 is 2.07 bits per heavy atom. The van der Waals surface area contributed by atoms with E-state index in [1.807, 2.05) is 0 Å². The molecule has 0 radical (unpaired) electrons. The zero-order valence-electron chi connectivity index (χ0n) is 7.68. The van der Waals surface area contributed by atoms with Crippen LogP contribution in [0.1, 0.15) is 11.7 Å². The summed E-state index contributed by atoms with van der Waals surface area (Å²) in [4.78, 5) is 21.0. The minimum atomic E-state index is -1.61. The molecule has 0 saturated carbocycles. The summed E-state index contributed by atoms with van der Waals surface area (Å²) >= 11 is 0. The molecule has 1 aromatic rings. The lowest BCUT2D eigenvalue weighted by Gasteiger charge is -2.07. The van der Waals surface area contributed by atoms with Crippen molar-refractivity contribution in [2.75, 3.05) is 5.32 Å². The van der Waals surface area contributed by atoms with E-state index >= 15 is 0 Å². The number of carbonyl (C=O) groups is 2. The molecule has 1 unspecified atom stereocenters. The van der Waals surface area contributed by atoms with Crippen molar-refractivity contribution in [1.29, 1.82) is 0 Å². The van der Waals surface area contributed by atoms with Gasteiger partial charge in [0.1, 0.15) is 0 Å². The molecular formula is C9H10N2O4. The molecule has 80 valence electrons. The number of anilines is 1. The van der Waals surface area contributed by atoms with Gasteiger partial charge in [-0.15, -0.1) is 0 Å². The van der Waals surface area contributed by atoms with Gasteiger partial charge in [0.2, 0.25) is 0 Å². The maximum Gasteiger partial charge on any atom is 0.337 e. The number of rotatable bonds is 3. The number of aliphatic hydroxyl groups excluding tert-OH is 1. The van der Waals surface area contributed by atoms with E-state index in [1.54, 1.807) is 0 Å². The first-order chi connectivity index (χ1) is 7.00. The van der Waals surface area contributed by atoms with Crippen molar-refractivity contribution < 1.29 is 19.8 Å². The van der Waals surface area contributed by atoms with E-state index in [-0.39, 0.29) is 5.56 Å². The SMILES string of the molecule is NC(=O)Nc1cccc(C(O)C(=O)O)c1. The van der Waals surface area contributed by atoms with Gasteiger partial charge in [0.25, 0.3) is 0 Å². The number of hydrogen-bond donors (Lipinski definition) is 4. The van der Waals surface area contributed by atoms with Gasteiger partial charge in [-0.1, -0.05) is 12.1 Å². The van der Waals surface area contributed by atoms with Crippen LogP contribution in [0.4, 0.5) is 10.5 Å². The normalized spacial score (nSPS) is 11.8. The number of primary amides is 1. The first-order valence-corrected chi connectivity index (χ1v) is 4.08. The molecule has 5 N–H and O–H groups in total. The van der Waals surface area contributed by atoms with Crippen LogP contribution in [-0.2, 0) is 4.79 Å². The van der Waals surface area contributed by atoms with E-state index in [0.717, 1.165) is 0 Å². The Hall–Kier alpha value is -2.08. The largest absolute Gasteiger partial charge is 0.479 e. The van der Waals surface area contributed by atoms with Crippen molar-refractivity contribution in [3.05, 3.63) is 29.8 Å². The van der Waals surface area contributed by atoms with Gasteiger partial charge in [0.05, 0.1) is 0 Å². The number of hydrogen-bond acceptors (Lipinski definition) is 3. The summed E-state index contributed by atoms with van der Waals surface area (Å²) in [6.45, 7) is 0. The fraction of sp³-hybridized carbons (Fsp3) is 0.111. The highest BCUT2D eigenvalue weighted by Gasteiger charge is 2.15. The highest BCUT2D eigenvalue weighted by atomic mass is 16.4. The number of aliphatic hydroxyl groups is 1.